The Morgan fingerprint density at radius 3 is 2.80 bits per heavy atom. The van der Waals surface area contributed by atoms with Gasteiger partial charge in [-0.3, -0.25) is 4.68 Å². The zero-order valence-electron chi connectivity index (χ0n) is 10.1. The van der Waals surface area contributed by atoms with Crippen molar-refractivity contribution in [2.75, 3.05) is 20.7 Å². The van der Waals surface area contributed by atoms with Crippen molar-refractivity contribution in [2.45, 2.75) is 32.7 Å². The quantitative estimate of drug-likeness (QED) is 0.727. The van der Waals surface area contributed by atoms with Gasteiger partial charge >= 0.3 is 0 Å². The van der Waals surface area contributed by atoms with Crippen molar-refractivity contribution in [2.24, 2.45) is 0 Å². The van der Waals surface area contributed by atoms with Crippen molar-refractivity contribution in [3.05, 3.63) is 11.9 Å². The van der Waals surface area contributed by atoms with Crippen molar-refractivity contribution < 1.29 is 4.74 Å². The lowest BCUT2D eigenvalue weighted by atomic mass is 10.2. The largest absolute Gasteiger partial charge is 0.493 e. The Balaban J connectivity index is 2.75. The SMILES string of the molecule is CNCCCc1c(OC)cnn1C(C)C. The van der Waals surface area contributed by atoms with E-state index >= 15 is 0 Å². The van der Waals surface area contributed by atoms with Crippen molar-refractivity contribution in [3.63, 3.8) is 0 Å². The molecule has 15 heavy (non-hydrogen) atoms. The molecule has 0 aliphatic carbocycles. The van der Waals surface area contributed by atoms with Crippen LogP contribution in [-0.2, 0) is 6.42 Å². The summed E-state index contributed by atoms with van der Waals surface area (Å²) < 4.78 is 7.34. The molecule has 86 valence electrons. The molecule has 1 aromatic rings. The molecule has 1 aromatic heterocycles. The monoisotopic (exact) mass is 211 g/mol. The molecular weight excluding hydrogens is 190 g/mol. The third-order valence-corrected chi connectivity index (χ3v) is 2.41. The van der Waals surface area contributed by atoms with E-state index in [4.69, 9.17) is 4.74 Å². The van der Waals surface area contributed by atoms with E-state index in [1.165, 1.54) is 5.69 Å². The fourth-order valence-electron chi connectivity index (χ4n) is 1.66. The lowest BCUT2D eigenvalue weighted by molar-refractivity contribution is 0.403. The first-order valence-electron chi connectivity index (χ1n) is 5.45. The van der Waals surface area contributed by atoms with Crippen molar-refractivity contribution >= 4 is 0 Å². The lowest BCUT2D eigenvalue weighted by Crippen LogP contribution is -2.12. The van der Waals surface area contributed by atoms with Gasteiger partial charge in [-0.25, -0.2) is 0 Å². The first kappa shape index (κ1) is 12.0. The van der Waals surface area contributed by atoms with Crippen LogP contribution in [0, 0.1) is 0 Å². The maximum atomic E-state index is 5.30. The Hall–Kier alpha value is -1.03. The van der Waals surface area contributed by atoms with Gasteiger partial charge in [0.1, 0.15) is 0 Å². The summed E-state index contributed by atoms with van der Waals surface area (Å²) in [4.78, 5) is 0. The highest BCUT2D eigenvalue weighted by Crippen LogP contribution is 2.22. The van der Waals surface area contributed by atoms with Crippen LogP contribution in [0.3, 0.4) is 0 Å². The standard InChI is InChI=1S/C11H21N3O/c1-9(2)14-10(6-5-7-12-3)11(15-4)8-13-14/h8-9,12H,5-7H2,1-4H3. The minimum absolute atomic E-state index is 0.387. The molecule has 0 atom stereocenters. The summed E-state index contributed by atoms with van der Waals surface area (Å²) in [5, 5.41) is 7.48. The highest BCUT2D eigenvalue weighted by molar-refractivity contribution is 5.25. The molecule has 0 fully saturated rings. The number of methoxy groups -OCH3 is 1. The van der Waals surface area contributed by atoms with Gasteiger partial charge in [-0.15, -0.1) is 0 Å². The van der Waals surface area contributed by atoms with E-state index < -0.39 is 0 Å². The molecule has 0 bridgehead atoms. The van der Waals surface area contributed by atoms with E-state index in [0.717, 1.165) is 25.1 Å². The Kier molecular flexibility index (Phi) is 4.62. The zero-order chi connectivity index (χ0) is 11.3. The molecule has 0 spiro atoms. The normalized spacial score (nSPS) is 11.0. The van der Waals surface area contributed by atoms with Gasteiger partial charge in [-0.05, 0) is 40.3 Å². The third kappa shape index (κ3) is 2.96. The molecule has 0 aliphatic rings. The molecular formula is C11H21N3O. The number of nitrogens with one attached hydrogen (secondary N) is 1. The molecule has 4 nitrogen and oxygen atoms in total. The van der Waals surface area contributed by atoms with E-state index in [-0.39, 0.29) is 0 Å². The molecule has 0 saturated carbocycles. The molecule has 0 saturated heterocycles. The second-order valence-electron chi connectivity index (χ2n) is 3.91. The van der Waals surface area contributed by atoms with Crippen LogP contribution < -0.4 is 10.1 Å². The Morgan fingerprint density at radius 2 is 2.27 bits per heavy atom. The van der Waals surface area contributed by atoms with Gasteiger partial charge in [0, 0.05) is 6.04 Å². The summed E-state index contributed by atoms with van der Waals surface area (Å²) in [7, 11) is 3.67. The molecule has 1 heterocycles. The zero-order valence-corrected chi connectivity index (χ0v) is 10.1. The van der Waals surface area contributed by atoms with Crippen LogP contribution in [0.25, 0.3) is 0 Å². The minimum atomic E-state index is 0.387. The summed E-state index contributed by atoms with van der Waals surface area (Å²) in [6, 6.07) is 0.387. The van der Waals surface area contributed by atoms with Crippen LogP contribution in [0.2, 0.25) is 0 Å². The number of rotatable bonds is 6. The molecule has 1 rings (SSSR count). The van der Waals surface area contributed by atoms with Crippen molar-refractivity contribution in [1.29, 1.82) is 0 Å². The summed E-state index contributed by atoms with van der Waals surface area (Å²) in [5.74, 6) is 0.903. The molecule has 1 N–H and O–H groups in total. The topological polar surface area (TPSA) is 39.1 Å². The van der Waals surface area contributed by atoms with Gasteiger partial charge in [0.05, 0.1) is 19.0 Å². The van der Waals surface area contributed by atoms with E-state index in [0.29, 0.717) is 6.04 Å². The second kappa shape index (κ2) is 5.75. The third-order valence-electron chi connectivity index (χ3n) is 2.41. The van der Waals surface area contributed by atoms with Crippen molar-refractivity contribution in [1.82, 2.24) is 15.1 Å². The lowest BCUT2D eigenvalue weighted by Gasteiger charge is -2.11. The number of hydrogen-bond acceptors (Lipinski definition) is 3. The Labute approximate surface area is 91.6 Å². The van der Waals surface area contributed by atoms with E-state index in [9.17, 15) is 0 Å². The van der Waals surface area contributed by atoms with Crippen LogP contribution in [0.5, 0.6) is 5.75 Å². The predicted octanol–water partition coefficient (Wildman–Crippen LogP) is 1.62. The summed E-state index contributed by atoms with van der Waals surface area (Å²) >= 11 is 0. The first-order valence-corrected chi connectivity index (χ1v) is 5.45. The molecule has 0 unspecified atom stereocenters. The van der Waals surface area contributed by atoms with Crippen molar-refractivity contribution in [3.8, 4) is 5.75 Å². The smallest absolute Gasteiger partial charge is 0.159 e. The van der Waals surface area contributed by atoms with Crippen LogP contribution in [0.4, 0.5) is 0 Å². The van der Waals surface area contributed by atoms with Gasteiger partial charge in [-0.2, -0.15) is 5.10 Å². The Morgan fingerprint density at radius 1 is 1.53 bits per heavy atom. The fraction of sp³-hybridized carbons (Fsp3) is 0.727. The first-order chi connectivity index (χ1) is 7.20. The highest BCUT2D eigenvalue weighted by atomic mass is 16.5. The summed E-state index contributed by atoms with van der Waals surface area (Å²) in [6.45, 7) is 5.29. The second-order valence-corrected chi connectivity index (χ2v) is 3.91. The average molecular weight is 211 g/mol. The maximum Gasteiger partial charge on any atom is 0.159 e. The van der Waals surface area contributed by atoms with Crippen LogP contribution >= 0.6 is 0 Å². The van der Waals surface area contributed by atoms with Crippen LogP contribution in [-0.4, -0.2) is 30.5 Å². The van der Waals surface area contributed by atoms with Gasteiger partial charge < -0.3 is 10.1 Å². The highest BCUT2D eigenvalue weighted by Gasteiger charge is 2.12. The molecule has 0 aromatic carbocycles. The van der Waals surface area contributed by atoms with Crippen LogP contribution in [0.1, 0.15) is 32.0 Å². The molecule has 0 radical (unpaired) electrons. The maximum absolute atomic E-state index is 5.30. The predicted molar refractivity (Wildman–Crippen MR) is 61.4 cm³/mol. The molecule has 0 aliphatic heterocycles. The average Bonchev–Trinajstić information content (AvgIpc) is 2.61. The molecule has 0 amide bonds. The van der Waals surface area contributed by atoms with Gasteiger partial charge in [0.15, 0.2) is 5.75 Å². The van der Waals surface area contributed by atoms with E-state index in [1.54, 1.807) is 13.3 Å². The molecule has 4 heteroatoms. The summed E-state index contributed by atoms with van der Waals surface area (Å²) in [5.41, 5.74) is 1.20. The van der Waals surface area contributed by atoms with Crippen LogP contribution in [0.15, 0.2) is 6.20 Å². The van der Waals surface area contributed by atoms with E-state index in [2.05, 4.69) is 24.3 Å². The number of aromatic nitrogens is 2. The van der Waals surface area contributed by atoms with Gasteiger partial charge in [0.25, 0.3) is 0 Å². The van der Waals surface area contributed by atoms with E-state index in [1.807, 2.05) is 11.7 Å². The number of hydrogen-bond donors (Lipinski definition) is 1. The Bertz CT molecular complexity index is 294. The fourth-order valence-corrected chi connectivity index (χ4v) is 1.66. The number of nitrogens with zero attached hydrogens (tertiary/aromatic N) is 2. The van der Waals surface area contributed by atoms with Gasteiger partial charge in [-0.1, -0.05) is 0 Å². The minimum Gasteiger partial charge on any atom is -0.493 e. The van der Waals surface area contributed by atoms with Gasteiger partial charge in [0.2, 0.25) is 0 Å². The summed E-state index contributed by atoms with van der Waals surface area (Å²) in [6.07, 6.45) is 3.90. The number of ether oxygens (including phenoxy) is 1.